The van der Waals surface area contributed by atoms with Gasteiger partial charge < -0.3 is 15.0 Å². The Kier molecular flexibility index (Phi) is 7.73. The average Bonchev–Trinajstić information content (AvgIpc) is 2.44. The molecule has 4 nitrogen and oxygen atoms in total. The van der Waals surface area contributed by atoms with Crippen LogP contribution >= 0.6 is 0 Å². The maximum atomic E-state index is 11.8. The summed E-state index contributed by atoms with van der Waals surface area (Å²) in [4.78, 5) is 13.6. The summed E-state index contributed by atoms with van der Waals surface area (Å²) in [5.41, 5.74) is 0. The Morgan fingerprint density at radius 2 is 2.00 bits per heavy atom. The van der Waals surface area contributed by atoms with E-state index in [1.165, 1.54) is 0 Å². The Morgan fingerprint density at radius 3 is 2.65 bits per heavy atom. The molecule has 112 valence electrons. The van der Waals surface area contributed by atoms with E-state index in [1.807, 2.05) is 37.4 Å². The molecule has 0 bridgehead atoms. The second-order valence-corrected chi connectivity index (χ2v) is 5.19. The lowest BCUT2D eigenvalue weighted by atomic mass is 10.3. The van der Waals surface area contributed by atoms with E-state index in [2.05, 4.69) is 19.2 Å². The smallest absolute Gasteiger partial charge is 0.223 e. The van der Waals surface area contributed by atoms with Crippen LogP contribution < -0.4 is 10.1 Å². The number of ether oxygens (including phenoxy) is 1. The molecule has 0 aliphatic carbocycles. The number of para-hydroxylation sites is 1. The predicted molar refractivity (Wildman–Crippen MR) is 81.9 cm³/mol. The first kappa shape index (κ1) is 16.5. The molecule has 1 aromatic rings. The van der Waals surface area contributed by atoms with Crippen molar-refractivity contribution in [1.82, 2.24) is 10.2 Å². The lowest BCUT2D eigenvalue weighted by Crippen LogP contribution is -2.33. The fourth-order valence-electron chi connectivity index (χ4n) is 1.79. The Hall–Kier alpha value is -1.55. The molecular weight excluding hydrogens is 252 g/mol. The van der Waals surface area contributed by atoms with Gasteiger partial charge in [-0.1, -0.05) is 32.0 Å². The maximum Gasteiger partial charge on any atom is 0.223 e. The second kappa shape index (κ2) is 9.37. The molecule has 0 aliphatic rings. The van der Waals surface area contributed by atoms with E-state index in [9.17, 15) is 4.79 Å². The predicted octanol–water partition coefficient (Wildman–Crippen LogP) is 2.30. The van der Waals surface area contributed by atoms with Crippen molar-refractivity contribution < 1.29 is 9.53 Å². The van der Waals surface area contributed by atoms with E-state index >= 15 is 0 Å². The highest BCUT2D eigenvalue weighted by atomic mass is 16.5. The number of hydrogen-bond acceptors (Lipinski definition) is 3. The number of nitrogens with one attached hydrogen (secondary N) is 1. The molecule has 0 saturated carbocycles. The molecule has 0 unspecified atom stereocenters. The Bertz CT molecular complexity index is 379. The average molecular weight is 278 g/mol. The van der Waals surface area contributed by atoms with Crippen LogP contribution in [-0.4, -0.2) is 43.6 Å². The highest BCUT2D eigenvalue weighted by Gasteiger charge is 2.08. The molecule has 1 aromatic carbocycles. The van der Waals surface area contributed by atoms with Gasteiger partial charge in [0.2, 0.25) is 5.91 Å². The fraction of sp³-hybridized carbons (Fsp3) is 0.562. The zero-order chi connectivity index (χ0) is 14.8. The summed E-state index contributed by atoms with van der Waals surface area (Å²) in [7, 11) is 1.85. The van der Waals surface area contributed by atoms with E-state index < -0.39 is 0 Å². The first-order valence-electron chi connectivity index (χ1n) is 7.25. The molecule has 1 amide bonds. The summed E-state index contributed by atoms with van der Waals surface area (Å²) in [6, 6.07) is 10.2. The largest absolute Gasteiger partial charge is 0.494 e. The molecular formula is C16H26N2O2. The maximum absolute atomic E-state index is 11.8. The number of amides is 1. The third-order valence-corrected chi connectivity index (χ3v) is 2.97. The van der Waals surface area contributed by atoms with E-state index in [1.54, 1.807) is 4.90 Å². The van der Waals surface area contributed by atoms with Gasteiger partial charge in [-0.25, -0.2) is 0 Å². The standard InChI is InChI=1S/C16H26N2O2/c1-14(2)17-11-10-16(19)18(3)12-7-13-20-15-8-5-4-6-9-15/h4-6,8-9,14,17H,7,10-13H2,1-3H3. The minimum atomic E-state index is 0.179. The minimum absolute atomic E-state index is 0.179. The first-order chi connectivity index (χ1) is 9.59. The summed E-state index contributed by atoms with van der Waals surface area (Å²) in [6.07, 6.45) is 1.39. The van der Waals surface area contributed by atoms with Crippen LogP contribution in [0.1, 0.15) is 26.7 Å². The lowest BCUT2D eigenvalue weighted by molar-refractivity contribution is -0.129. The van der Waals surface area contributed by atoms with Crippen LogP contribution in [0.15, 0.2) is 30.3 Å². The van der Waals surface area contributed by atoms with Crippen molar-refractivity contribution in [2.24, 2.45) is 0 Å². The van der Waals surface area contributed by atoms with Gasteiger partial charge in [-0.15, -0.1) is 0 Å². The molecule has 0 spiro atoms. The number of rotatable bonds is 9. The van der Waals surface area contributed by atoms with Crippen LogP contribution in [0.2, 0.25) is 0 Å². The zero-order valence-corrected chi connectivity index (χ0v) is 12.8. The van der Waals surface area contributed by atoms with Crippen LogP contribution in [0.3, 0.4) is 0 Å². The van der Waals surface area contributed by atoms with E-state index in [4.69, 9.17) is 4.74 Å². The van der Waals surface area contributed by atoms with Crippen molar-refractivity contribution in [1.29, 1.82) is 0 Å². The van der Waals surface area contributed by atoms with Crippen molar-refractivity contribution in [3.8, 4) is 5.75 Å². The van der Waals surface area contributed by atoms with Crippen molar-refractivity contribution in [3.05, 3.63) is 30.3 Å². The van der Waals surface area contributed by atoms with E-state index in [-0.39, 0.29) is 5.91 Å². The second-order valence-electron chi connectivity index (χ2n) is 5.19. The molecule has 20 heavy (non-hydrogen) atoms. The number of benzene rings is 1. The summed E-state index contributed by atoms with van der Waals surface area (Å²) >= 11 is 0. The molecule has 0 aliphatic heterocycles. The molecule has 1 rings (SSSR count). The molecule has 0 radical (unpaired) electrons. The van der Waals surface area contributed by atoms with Gasteiger partial charge >= 0.3 is 0 Å². The van der Waals surface area contributed by atoms with Gasteiger partial charge in [0.05, 0.1) is 6.61 Å². The molecule has 4 heteroatoms. The van der Waals surface area contributed by atoms with Gasteiger partial charge in [0.15, 0.2) is 0 Å². The first-order valence-corrected chi connectivity index (χ1v) is 7.25. The molecule has 1 N–H and O–H groups in total. The van der Waals surface area contributed by atoms with Gasteiger partial charge in [0.25, 0.3) is 0 Å². The minimum Gasteiger partial charge on any atom is -0.494 e. The summed E-state index contributed by atoms with van der Waals surface area (Å²) in [5.74, 6) is 1.06. The van der Waals surface area contributed by atoms with Crippen LogP contribution in [-0.2, 0) is 4.79 Å². The summed E-state index contributed by atoms with van der Waals surface area (Å²) in [6.45, 7) is 6.25. The fourth-order valence-corrected chi connectivity index (χ4v) is 1.79. The third-order valence-electron chi connectivity index (χ3n) is 2.97. The quantitative estimate of drug-likeness (QED) is 0.705. The summed E-state index contributed by atoms with van der Waals surface area (Å²) in [5, 5.41) is 3.25. The van der Waals surface area contributed by atoms with E-state index in [0.29, 0.717) is 19.1 Å². The van der Waals surface area contributed by atoms with Gasteiger partial charge in [0.1, 0.15) is 5.75 Å². The van der Waals surface area contributed by atoms with Crippen molar-refractivity contribution in [2.45, 2.75) is 32.7 Å². The van der Waals surface area contributed by atoms with Crippen LogP contribution in [0.4, 0.5) is 0 Å². The topological polar surface area (TPSA) is 41.6 Å². The number of carbonyl (C=O) groups is 1. The summed E-state index contributed by atoms with van der Waals surface area (Å²) < 4.78 is 5.60. The van der Waals surface area contributed by atoms with Gasteiger partial charge in [-0.3, -0.25) is 4.79 Å². The highest BCUT2D eigenvalue weighted by molar-refractivity contribution is 5.76. The molecule has 0 saturated heterocycles. The third kappa shape index (κ3) is 7.14. The molecule has 0 aromatic heterocycles. The highest BCUT2D eigenvalue weighted by Crippen LogP contribution is 2.08. The molecule has 0 heterocycles. The number of hydrogen-bond donors (Lipinski definition) is 1. The SMILES string of the molecule is CC(C)NCCC(=O)N(C)CCCOc1ccccc1. The Balaban J connectivity index is 2.10. The monoisotopic (exact) mass is 278 g/mol. The normalized spacial score (nSPS) is 10.6. The van der Waals surface area contributed by atoms with Gasteiger partial charge in [-0.05, 0) is 18.6 Å². The Labute approximate surface area is 122 Å². The van der Waals surface area contributed by atoms with Crippen molar-refractivity contribution >= 4 is 5.91 Å². The van der Waals surface area contributed by atoms with Crippen LogP contribution in [0, 0.1) is 0 Å². The van der Waals surface area contributed by atoms with Gasteiger partial charge in [-0.2, -0.15) is 0 Å². The number of carbonyl (C=O) groups excluding carboxylic acids is 1. The number of nitrogens with zero attached hydrogens (tertiary/aromatic N) is 1. The van der Waals surface area contributed by atoms with Gasteiger partial charge in [0, 0.05) is 32.6 Å². The van der Waals surface area contributed by atoms with Crippen LogP contribution in [0.5, 0.6) is 5.75 Å². The van der Waals surface area contributed by atoms with E-state index in [0.717, 1.165) is 25.3 Å². The Morgan fingerprint density at radius 1 is 1.30 bits per heavy atom. The van der Waals surface area contributed by atoms with Crippen LogP contribution in [0.25, 0.3) is 0 Å². The zero-order valence-electron chi connectivity index (χ0n) is 12.8. The molecule has 0 fully saturated rings. The molecule has 0 atom stereocenters. The van der Waals surface area contributed by atoms with Crippen molar-refractivity contribution in [3.63, 3.8) is 0 Å². The lowest BCUT2D eigenvalue weighted by Gasteiger charge is -2.18. The van der Waals surface area contributed by atoms with Crippen molar-refractivity contribution in [2.75, 3.05) is 26.7 Å².